The molecular formula is C19H15FI2O3. The summed E-state index contributed by atoms with van der Waals surface area (Å²) in [4.78, 5) is 13.2. The van der Waals surface area contributed by atoms with Gasteiger partial charge >= 0.3 is 0 Å². The first-order valence-electron chi connectivity index (χ1n) is 7.86. The van der Waals surface area contributed by atoms with Gasteiger partial charge in [0.2, 0.25) is 0 Å². The molecule has 0 saturated carbocycles. The third-order valence-electron chi connectivity index (χ3n) is 4.00. The van der Waals surface area contributed by atoms with E-state index < -0.39 is 5.82 Å². The second kappa shape index (κ2) is 7.61. The zero-order chi connectivity index (χ0) is 18.1. The van der Waals surface area contributed by atoms with Gasteiger partial charge < -0.3 is 9.52 Å². The Labute approximate surface area is 171 Å². The molecule has 25 heavy (non-hydrogen) atoms. The molecule has 0 aliphatic heterocycles. The highest BCUT2D eigenvalue weighted by atomic mass is 127. The minimum atomic E-state index is -0.468. The maximum atomic E-state index is 14.1. The molecule has 0 aliphatic carbocycles. The normalized spacial score (nSPS) is 11.2. The Hall–Kier alpha value is -1.16. The molecule has 0 bridgehead atoms. The maximum Gasteiger partial charge on any atom is 0.197 e. The van der Waals surface area contributed by atoms with E-state index in [-0.39, 0.29) is 17.1 Å². The van der Waals surface area contributed by atoms with Crippen molar-refractivity contribution >= 4 is 61.9 Å². The standard InChI is InChI=1S/C19H15FI2O3/c1-2-3-7-15-16(11-5-4-6-12(20)19(11)25-15)17(23)10-8-13(21)18(24)14(22)9-10/h4-6,8-9,24H,2-3,7H2,1H3. The summed E-state index contributed by atoms with van der Waals surface area (Å²) in [5, 5.41) is 10.4. The maximum absolute atomic E-state index is 14.1. The molecule has 0 amide bonds. The second-order valence-corrected chi connectivity index (χ2v) is 8.06. The molecule has 3 aromatic rings. The summed E-state index contributed by atoms with van der Waals surface area (Å²) in [5.74, 6) is -0.00690. The van der Waals surface area contributed by atoms with E-state index >= 15 is 0 Å². The largest absolute Gasteiger partial charge is 0.506 e. The van der Waals surface area contributed by atoms with Gasteiger partial charge in [0.05, 0.1) is 12.7 Å². The van der Waals surface area contributed by atoms with Gasteiger partial charge in [-0.15, -0.1) is 0 Å². The highest BCUT2D eigenvalue weighted by molar-refractivity contribution is 14.1. The molecule has 0 radical (unpaired) electrons. The average molecular weight is 564 g/mol. The van der Waals surface area contributed by atoms with Crippen LogP contribution in [0.15, 0.2) is 34.7 Å². The first-order valence-corrected chi connectivity index (χ1v) is 10.0. The number of aryl methyl sites for hydroxylation is 1. The molecule has 3 nitrogen and oxygen atoms in total. The van der Waals surface area contributed by atoms with Crippen LogP contribution in [0.25, 0.3) is 11.0 Å². The number of para-hydroxylation sites is 1. The minimum absolute atomic E-state index is 0.125. The van der Waals surface area contributed by atoms with Crippen molar-refractivity contribution in [1.82, 2.24) is 0 Å². The summed E-state index contributed by atoms with van der Waals surface area (Å²) >= 11 is 3.98. The molecule has 0 atom stereocenters. The SMILES string of the molecule is CCCCc1oc2c(F)cccc2c1C(=O)c1cc(I)c(O)c(I)c1. The number of hydrogen-bond acceptors (Lipinski definition) is 3. The van der Waals surface area contributed by atoms with Gasteiger partial charge in [0.15, 0.2) is 17.2 Å². The predicted molar refractivity (Wildman–Crippen MR) is 112 cm³/mol. The summed E-state index contributed by atoms with van der Waals surface area (Å²) in [5.41, 5.74) is 0.997. The molecule has 0 fully saturated rings. The highest BCUT2D eigenvalue weighted by Gasteiger charge is 2.24. The van der Waals surface area contributed by atoms with Crippen LogP contribution >= 0.6 is 45.2 Å². The number of phenolic OH excluding ortho intramolecular Hbond substituents is 1. The van der Waals surface area contributed by atoms with Crippen molar-refractivity contribution < 1.29 is 18.7 Å². The number of ketones is 1. The summed E-state index contributed by atoms with van der Waals surface area (Å²) < 4.78 is 21.0. The van der Waals surface area contributed by atoms with Gasteiger partial charge in [0, 0.05) is 17.4 Å². The lowest BCUT2D eigenvalue weighted by Crippen LogP contribution is -2.05. The number of unbranched alkanes of at least 4 members (excludes halogenated alkanes) is 1. The van der Waals surface area contributed by atoms with Gasteiger partial charge in [0.25, 0.3) is 0 Å². The lowest BCUT2D eigenvalue weighted by molar-refractivity contribution is 0.103. The zero-order valence-electron chi connectivity index (χ0n) is 13.4. The minimum Gasteiger partial charge on any atom is -0.506 e. The van der Waals surface area contributed by atoms with Crippen molar-refractivity contribution in [2.45, 2.75) is 26.2 Å². The smallest absolute Gasteiger partial charge is 0.197 e. The number of aromatic hydroxyl groups is 1. The lowest BCUT2D eigenvalue weighted by Gasteiger charge is -2.06. The van der Waals surface area contributed by atoms with Crippen molar-refractivity contribution in [2.75, 3.05) is 0 Å². The third-order valence-corrected chi connectivity index (χ3v) is 5.65. The van der Waals surface area contributed by atoms with Crippen molar-refractivity contribution in [3.05, 3.63) is 60.2 Å². The van der Waals surface area contributed by atoms with Crippen LogP contribution in [-0.2, 0) is 6.42 Å². The molecule has 0 unspecified atom stereocenters. The van der Waals surface area contributed by atoms with Crippen LogP contribution in [0, 0.1) is 13.0 Å². The lowest BCUT2D eigenvalue weighted by atomic mass is 9.98. The Bertz CT molecular complexity index is 940. The number of benzene rings is 2. The Morgan fingerprint density at radius 3 is 2.56 bits per heavy atom. The molecular weight excluding hydrogens is 549 g/mol. The number of fused-ring (bicyclic) bond motifs is 1. The number of halogens is 3. The Morgan fingerprint density at radius 1 is 1.24 bits per heavy atom. The molecule has 1 aromatic heterocycles. The molecule has 2 aromatic carbocycles. The van der Waals surface area contributed by atoms with Crippen LogP contribution in [-0.4, -0.2) is 10.9 Å². The Kier molecular flexibility index (Phi) is 5.67. The molecule has 0 saturated heterocycles. The molecule has 6 heteroatoms. The molecule has 0 spiro atoms. The van der Waals surface area contributed by atoms with E-state index in [1.807, 2.05) is 45.2 Å². The van der Waals surface area contributed by atoms with Crippen LogP contribution in [0.4, 0.5) is 4.39 Å². The first kappa shape index (κ1) is 18.6. The molecule has 130 valence electrons. The van der Waals surface area contributed by atoms with Gasteiger partial charge in [-0.05, 0) is 69.8 Å². The first-order chi connectivity index (χ1) is 11.9. The Balaban J connectivity index is 2.19. The van der Waals surface area contributed by atoms with E-state index in [1.165, 1.54) is 6.07 Å². The van der Waals surface area contributed by atoms with Crippen LogP contribution in [0.5, 0.6) is 5.75 Å². The predicted octanol–water partition coefficient (Wildman–Crippen LogP) is 6.06. The van der Waals surface area contributed by atoms with Crippen molar-refractivity contribution in [2.24, 2.45) is 0 Å². The Morgan fingerprint density at radius 2 is 1.92 bits per heavy atom. The average Bonchev–Trinajstić information content (AvgIpc) is 2.96. The van der Waals surface area contributed by atoms with E-state index in [2.05, 4.69) is 6.92 Å². The van der Waals surface area contributed by atoms with Gasteiger partial charge in [-0.3, -0.25) is 4.79 Å². The van der Waals surface area contributed by atoms with E-state index in [9.17, 15) is 14.3 Å². The van der Waals surface area contributed by atoms with Crippen molar-refractivity contribution in [3.8, 4) is 5.75 Å². The summed E-state index contributed by atoms with van der Waals surface area (Å²) in [6, 6.07) is 7.90. The van der Waals surface area contributed by atoms with Gasteiger partial charge in [-0.25, -0.2) is 4.39 Å². The van der Waals surface area contributed by atoms with E-state index in [0.717, 1.165) is 12.8 Å². The topological polar surface area (TPSA) is 50.4 Å². The van der Waals surface area contributed by atoms with Gasteiger partial charge in [-0.1, -0.05) is 25.5 Å². The van der Waals surface area contributed by atoms with E-state index in [0.29, 0.717) is 35.8 Å². The number of rotatable bonds is 5. The fraction of sp³-hybridized carbons (Fsp3) is 0.211. The van der Waals surface area contributed by atoms with Crippen LogP contribution in [0.2, 0.25) is 0 Å². The summed E-state index contributed by atoms with van der Waals surface area (Å²) in [6.45, 7) is 2.05. The van der Waals surface area contributed by atoms with Gasteiger partial charge in [-0.2, -0.15) is 0 Å². The summed E-state index contributed by atoms with van der Waals surface area (Å²) in [7, 11) is 0. The van der Waals surface area contributed by atoms with E-state index in [4.69, 9.17) is 4.42 Å². The number of furan rings is 1. The van der Waals surface area contributed by atoms with Crippen LogP contribution in [0.1, 0.15) is 41.4 Å². The fourth-order valence-electron chi connectivity index (χ4n) is 2.74. The molecule has 1 N–H and O–H groups in total. The van der Waals surface area contributed by atoms with Gasteiger partial charge in [0.1, 0.15) is 11.5 Å². The second-order valence-electron chi connectivity index (χ2n) is 5.74. The number of carbonyl (C=O) groups is 1. The van der Waals surface area contributed by atoms with E-state index in [1.54, 1.807) is 24.3 Å². The van der Waals surface area contributed by atoms with Crippen molar-refractivity contribution in [1.29, 1.82) is 0 Å². The molecule has 3 rings (SSSR count). The number of carbonyl (C=O) groups excluding carboxylic acids is 1. The quantitative estimate of drug-likeness (QED) is 0.303. The third kappa shape index (κ3) is 3.55. The fourth-order valence-corrected chi connectivity index (χ4v) is 4.51. The highest BCUT2D eigenvalue weighted by Crippen LogP contribution is 2.33. The zero-order valence-corrected chi connectivity index (χ0v) is 17.7. The summed E-state index contributed by atoms with van der Waals surface area (Å²) in [6.07, 6.45) is 2.38. The monoisotopic (exact) mass is 564 g/mol. The number of phenols is 1. The molecule has 0 aliphatic rings. The number of hydrogen-bond donors (Lipinski definition) is 1. The molecule has 1 heterocycles. The van der Waals surface area contributed by atoms with Crippen LogP contribution in [0.3, 0.4) is 0 Å². The van der Waals surface area contributed by atoms with Crippen molar-refractivity contribution in [3.63, 3.8) is 0 Å². The van der Waals surface area contributed by atoms with Crippen LogP contribution < -0.4 is 0 Å².